The largest absolute Gasteiger partial charge is 0.359 e. The molecule has 1 aromatic carbocycles. The van der Waals surface area contributed by atoms with Gasteiger partial charge >= 0.3 is 0 Å². The maximum absolute atomic E-state index is 13.8. The van der Waals surface area contributed by atoms with Gasteiger partial charge in [-0.25, -0.2) is 12.8 Å². The molecule has 1 aromatic heterocycles. The van der Waals surface area contributed by atoms with Gasteiger partial charge in [0.25, 0.3) is 0 Å². The van der Waals surface area contributed by atoms with Crippen molar-refractivity contribution >= 4 is 15.9 Å². The molecule has 0 radical (unpaired) electrons. The summed E-state index contributed by atoms with van der Waals surface area (Å²) in [5.74, 6) is -0.641. The molecule has 0 atom stereocenters. The van der Waals surface area contributed by atoms with E-state index in [1.54, 1.807) is 13.0 Å². The van der Waals surface area contributed by atoms with Gasteiger partial charge in [-0.2, -0.15) is 4.31 Å². The summed E-state index contributed by atoms with van der Waals surface area (Å²) in [5, 5.41) is 6.53. The van der Waals surface area contributed by atoms with Crippen LogP contribution in [-0.4, -0.2) is 36.9 Å². The SMILES string of the molecule is Cc1cc(CNC(=O)C2CCN(S(=O)(=O)c3ccccc3F)CC2)on1. The topological polar surface area (TPSA) is 92.5 Å². The maximum atomic E-state index is 13.8. The minimum atomic E-state index is -3.89. The molecule has 3 rings (SSSR count). The smallest absolute Gasteiger partial charge is 0.245 e. The molecule has 1 N–H and O–H groups in total. The number of hydrogen-bond acceptors (Lipinski definition) is 5. The van der Waals surface area contributed by atoms with Crippen LogP contribution in [0.15, 0.2) is 39.8 Å². The van der Waals surface area contributed by atoms with Crippen LogP contribution in [-0.2, 0) is 21.4 Å². The van der Waals surface area contributed by atoms with Gasteiger partial charge in [-0.3, -0.25) is 4.79 Å². The first-order chi connectivity index (χ1) is 12.4. The van der Waals surface area contributed by atoms with E-state index in [4.69, 9.17) is 4.52 Å². The molecular formula is C17H20FN3O4S. The van der Waals surface area contributed by atoms with E-state index < -0.39 is 15.8 Å². The van der Waals surface area contributed by atoms with Crippen molar-refractivity contribution in [3.05, 3.63) is 47.6 Å². The van der Waals surface area contributed by atoms with Gasteiger partial charge in [-0.05, 0) is 31.9 Å². The molecule has 1 aliphatic rings. The number of piperidine rings is 1. The Morgan fingerprint density at radius 1 is 1.35 bits per heavy atom. The summed E-state index contributed by atoms with van der Waals surface area (Å²) in [6.45, 7) is 2.39. The quantitative estimate of drug-likeness (QED) is 0.853. The molecule has 1 fully saturated rings. The zero-order chi connectivity index (χ0) is 18.7. The summed E-state index contributed by atoms with van der Waals surface area (Å²) in [6, 6.07) is 7.05. The van der Waals surface area contributed by atoms with E-state index in [9.17, 15) is 17.6 Å². The van der Waals surface area contributed by atoms with Crippen LogP contribution >= 0.6 is 0 Å². The minimum absolute atomic E-state index is 0.151. The van der Waals surface area contributed by atoms with E-state index in [0.717, 1.165) is 11.8 Å². The summed E-state index contributed by atoms with van der Waals surface area (Å²) in [7, 11) is -3.89. The molecule has 0 unspecified atom stereocenters. The summed E-state index contributed by atoms with van der Waals surface area (Å²) in [4.78, 5) is 11.9. The van der Waals surface area contributed by atoms with Crippen LogP contribution in [0, 0.1) is 18.7 Å². The lowest BCUT2D eigenvalue weighted by molar-refractivity contribution is -0.126. The first-order valence-corrected chi connectivity index (χ1v) is 9.76. The Bertz CT molecular complexity index is 889. The van der Waals surface area contributed by atoms with E-state index in [2.05, 4.69) is 10.5 Å². The standard InChI is InChI=1S/C17H20FN3O4S/c1-12-10-14(25-20-12)11-19-17(22)13-6-8-21(9-7-13)26(23,24)16-5-3-2-4-15(16)18/h2-5,10,13H,6-9,11H2,1H3,(H,19,22). The van der Waals surface area contributed by atoms with Gasteiger partial charge in [0.05, 0.1) is 12.2 Å². The van der Waals surface area contributed by atoms with Crippen molar-refractivity contribution in [2.45, 2.75) is 31.2 Å². The normalized spacial score (nSPS) is 16.5. The van der Waals surface area contributed by atoms with Crippen LogP contribution in [0.5, 0.6) is 0 Å². The van der Waals surface area contributed by atoms with Crippen molar-refractivity contribution in [1.82, 2.24) is 14.8 Å². The highest BCUT2D eigenvalue weighted by Gasteiger charge is 2.33. The molecule has 1 aliphatic heterocycles. The number of carbonyl (C=O) groups is 1. The summed E-state index contributed by atoms with van der Waals surface area (Å²) in [5.41, 5.74) is 0.737. The highest BCUT2D eigenvalue weighted by Crippen LogP contribution is 2.25. The number of rotatable bonds is 5. The molecule has 1 saturated heterocycles. The predicted molar refractivity (Wildman–Crippen MR) is 91.0 cm³/mol. The third-order valence-electron chi connectivity index (χ3n) is 4.39. The number of carbonyl (C=O) groups excluding carboxylic acids is 1. The fraction of sp³-hybridized carbons (Fsp3) is 0.412. The van der Waals surface area contributed by atoms with Crippen LogP contribution in [0.1, 0.15) is 24.3 Å². The van der Waals surface area contributed by atoms with Crippen molar-refractivity contribution in [1.29, 1.82) is 0 Å². The van der Waals surface area contributed by atoms with Crippen LogP contribution in [0.25, 0.3) is 0 Å². The van der Waals surface area contributed by atoms with Gasteiger partial charge in [-0.1, -0.05) is 17.3 Å². The molecule has 0 bridgehead atoms. The maximum Gasteiger partial charge on any atom is 0.245 e. The van der Waals surface area contributed by atoms with Gasteiger partial charge in [0.1, 0.15) is 10.7 Å². The third kappa shape index (κ3) is 3.94. The molecule has 1 amide bonds. The van der Waals surface area contributed by atoms with E-state index in [-0.39, 0.29) is 36.4 Å². The lowest BCUT2D eigenvalue weighted by atomic mass is 9.97. The highest BCUT2D eigenvalue weighted by molar-refractivity contribution is 7.89. The number of halogens is 1. The van der Waals surface area contributed by atoms with Crippen molar-refractivity contribution in [3.63, 3.8) is 0 Å². The lowest BCUT2D eigenvalue weighted by Gasteiger charge is -2.30. The summed E-state index contributed by atoms with van der Waals surface area (Å²) < 4.78 is 45.2. The molecule has 7 nitrogen and oxygen atoms in total. The number of hydrogen-bond donors (Lipinski definition) is 1. The summed E-state index contributed by atoms with van der Waals surface area (Å²) in [6.07, 6.45) is 0.768. The van der Waals surface area contributed by atoms with E-state index >= 15 is 0 Å². The number of nitrogens with one attached hydrogen (secondary N) is 1. The summed E-state index contributed by atoms with van der Waals surface area (Å²) >= 11 is 0. The Kier molecular flexibility index (Phi) is 5.38. The third-order valence-corrected chi connectivity index (χ3v) is 6.32. The van der Waals surface area contributed by atoms with Crippen molar-refractivity contribution in [2.75, 3.05) is 13.1 Å². The number of benzene rings is 1. The van der Waals surface area contributed by atoms with Crippen LogP contribution < -0.4 is 5.32 Å². The molecule has 2 aromatic rings. The second-order valence-corrected chi connectivity index (χ2v) is 8.17. The number of amides is 1. The zero-order valence-electron chi connectivity index (χ0n) is 14.3. The number of aryl methyl sites for hydroxylation is 1. The Hall–Kier alpha value is -2.26. The molecule has 26 heavy (non-hydrogen) atoms. The number of sulfonamides is 1. The molecule has 0 spiro atoms. The van der Waals surface area contributed by atoms with Gasteiger partial charge in [0, 0.05) is 25.1 Å². The molecule has 0 aliphatic carbocycles. The van der Waals surface area contributed by atoms with Crippen LogP contribution in [0.2, 0.25) is 0 Å². The first kappa shape index (κ1) is 18.5. The molecule has 0 saturated carbocycles. The van der Waals surface area contributed by atoms with Crippen molar-refractivity contribution in [2.24, 2.45) is 5.92 Å². The van der Waals surface area contributed by atoms with Crippen molar-refractivity contribution in [3.8, 4) is 0 Å². The average Bonchev–Trinajstić information content (AvgIpc) is 3.05. The van der Waals surface area contributed by atoms with Gasteiger partial charge in [-0.15, -0.1) is 0 Å². The van der Waals surface area contributed by atoms with E-state index in [1.807, 2.05) is 0 Å². The Labute approximate surface area is 151 Å². The van der Waals surface area contributed by atoms with Gasteiger partial charge in [0.2, 0.25) is 15.9 Å². The Morgan fingerprint density at radius 2 is 2.04 bits per heavy atom. The second kappa shape index (κ2) is 7.55. The van der Waals surface area contributed by atoms with Gasteiger partial charge < -0.3 is 9.84 Å². The second-order valence-electron chi connectivity index (χ2n) is 6.26. The molecule has 9 heteroatoms. The average molecular weight is 381 g/mol. The van der Waals surface area contributed by atoms with Crippen molar-refractivity contribution < 1.29 is 22.1 Å². The zero-order valence-corrected chi connectivity index (χ0v) is 15.1. The fourth-order valence-corrected chi connectivity index (χ4v) is 4.50. The number of aromatic nitrogens is 1. The predicted octanol–water partition coefficient (Wildman–Crippen LogP) is 1.84. The highest BCUT2D eigenvalue weighted by atomic mass is 32.2. The number of nitrogens with zero attached hydrogens (tertiary/aromatic N) is 2. The van der Waals surface area contributed by atoms with Crippen LogP contribution in [0.3, 0.4) is 0 Å². The lowest BCUT2D eigenvalue weighted by Crippen LogP contribution is -2.43. The molecule has 140 valence electrons. The van der Waals surface area contributed by atoms with Gasteiger partial charge in [0.15, 0.2) is 5.76 Å². The first-order valence-electron chi connectivity index (χ1n) is 8.32. The fourth-order valence-electron chi connectivity index (χ4n) is 2.97. The van der Waals surface area contributed by atoms with E-state index in [1.165, 1.54) is 22.5 Å². The monoisotopic (exact) mass is 381 g/mol. The van der Waals surface area contributed by atoms with E-state index in [0.29, 0.717) is 18.6 Å². The van der Waals surface area contributed by atoms with Crippen LogP contribution in [0.4, 0.5) is 4.39 Å². The minimum Gasteiger partial charge on any atom is -0.359 e. The molecule has 2 heterocycles. The Balaban J connectivity index is 1.57. The molecular weight excluding hydrogens is 361 g/mol. The Morgan fingerprint density at radius 3 is 2.65 bits per heavy atom.